The van der Waals surface area contributed by atoms with Crippen LogP contribution in [0.15, 0.2) is 22.7 Å². The predicted molar refractivity (Wildman–Crippen MR) is 64.7 cm³/mol. The number of alkyl halides is 1. The summed E-state index contributed by atoms with van der Waals surface area (Å²) in [6, 6.07) is 4.73. The lowest BCUT2D eigenvalue weighted by Crippen LogP contribution is -2.07. The van der Waals surface area contributed by atoms with Gasteiger partial charge in [0.15, 0.2) is 0 Å². The molecule has 1 saturated heterocycles. The Balaban J connectivity index is 2.19. The Kier molecular flexibility index (Phi) is 3.80. The van der Waals surface area contributed by atoms with E-state index in [0.717, 1.165) is 28.2 Å². The van der Waals surface area contributed by atoms with E-state index < -0.39 is 0 Å². The summed E-state index contributed by atoms with van der Waals surface area (Å²) in [4.78, 5) is 0. The van der Waals surface area contributed by atoms with Gasteiger partial charge in [-0.2, -0.15) is 0 Å². The average molecular weight is 338 g/mol. The molecule has 0 amide bonds. The van der Waals surface area contributed by atoms with E-state index in [1.54, 1.807) is 12.1 Å². The molecule has 1 nitrogen and oxygen atoms in total. The molecule has 0 bridgehead atoms. The summed E-state index contributed by atoms with van der Waals surface area (Å²) >= 11 is 6.82. The highest BCUT2D eigenvalue weighted by molar-refractivity contribution is 9.10. The van der Waals surface area contributed by atoms with Gasteiger partial charge < -0.3 is 4.74 Å². The highest BCUT2D eigenvalue weighted by Crippen LogP contribution is 2.37. The van der Waals surface area contributed by atoms with Crippen molar-refractivity contribution in [1.82, 2.24) is 0 Å². The number of halogens is 3. The second kappa shape index (κ2) is 4.93. The molecule has 1 aliphatic heterocycles. The molecule has 0 spiro atoms. The Morgan fingerprint density at radius 3 is 2.87 bits per heavy atom. The highest BCUT2D eigenvalue weighted by atomic mass is 79.9. The maximum absolute atomic E-state index is 13.1. The van der Waals surface area contributed by atoms with Gasteiger partial charge in [-0.1, -0.05) is 31.9 Å². The molecule has 2 atom stereocenters. The molecule has 1 aromatic carbocycles. The molecule has 0 aromatic heterocycles. The van der Waals surface area contributed by atoms with Crippen molar-refractivity contribution in [2.45, 2.75) is 25.0 Å². The average Bonchev–Trinajstić information content (AvgIpc) is 2.70. The quantitative estimate of drug-likeness (QED) is 0.735. The van der Waals surface area contributed by atoms with Crippen molar-refractivity contribution in [2.75, 3.05) is 5.33 Å². The summed E-state index contributed by atoms with van der Waals surface area (Å²) in [5.41, 5.74) is 0.915. The maximum atomic E-state index is 13.1. The third kappa shape index (κ3) is 2.60. The fourth-order valence-electron chi connectivity index (χ4n) is 1.81. The van der Waals surface area contributed by atoms with Gasteiger partial charge in [-0.05, 0) is 36.6 Å². The van der Waals surface area contributed by atoms with E-state index >= 15 is 0 Å². The van der Waals surface area contributed by atoms with Gasteiger partial charge >= 0.3 is 0 Å². The molecule has 1 heterocycles. The van der Waals surface area contributed by atoms with Crippen molar-refractivity contribution in [3.05, 3.63) is 34.1 Å². The minimum atomic E-state index is -0.209. The van der Waals surface area contributed by atoms with Gasteiger partial charge in [0.05, 0.1) is 12.2 Å². The number of ether oxygens (including phenoxy) is 1. The zero-order valence-corrected chi connectivity index (χ0v) is 11.2. The zero-order chi connectivity index (χ0) is 10.8. The Hall–Kier alpha value is 0.0700. The number of hydrogen-bond donors (Lipinski definition) is 0. The van der Waals surface area contributed by atoms with E-state index in [1.165, 1.54) is 6.07 Å². The lowest BCUT2D eigenvalue weighted by Gasteiger charge is -2.14. The van der Waals surface area contributed by atoms with Crippen LogP contribution >= 0.6 is 31.9 Å². The van der Waals surface area contributed by atoms with Gasteiger partial charge in [-0.15, -0.1) is 0 Å². The summed E-state index contributed by atoms with van der Waals surface area (Å²) < 4.78 is 19.8. The lowest BCUT2D eigenvalue weighted by molar-refractivity contribution is 0.0582. The van der Waals surface area contributed by atoms with Crippen molar-refractivity contribution >= 4 is 31.9 Å². The van der Waals surface area contributed by atoms with Crippen LogP contribution in [0, 0.1) is 5.82 Å². The van der Waals surface area contributed by atoms with E-state index in [9.17, 15) is 4.39 Å². The van der Waals surface area contributed by atoms with E-state index in [4.69, 9.17) is 4.74 Å². The molecule has 4 heteroatoms. The normalized spacial score (nSPS) is 25.8. The summed E-state index contributed by atoms with van der Waals surface area (Å²) in [5.74, 6) is -0.209. The van der Waals surface area contributed by atoms with E-state index in [-0.39, 0.29) is 18.0 Å². The third-order valence-electron chi connectivity index (χ3n) is 2.58. The van der Waals surface area contributed by atoms with Crippen LogP contribution in [0.2, 0.25) is 0 Å². The fourth-order valence-corrected chi connectivity index (χ4v) is 2.79. The van der Waals surface area contributed by atoms with Crippen LogP contribution in [0.4, 0.5) is 4.39 Å². The smallest absolute Gasteiger partial charge is 0.123 e. The van der Waals surface area contributed by atoms with Gasteiger partial charge in [0, 0.05) is 9.80 Å². The van der Waals surface area contributed by atoms with E-state index in [2.05, 4.69) is 31.9 Å². The molecule has 15 heavy (non-hydrogen) atoms. The monoisotopic (exact) mass is 336 g/mol. The van der Waals surface area contributed by atoms with Crippen LogP contribution in [-0.4, -0.2) is 11.4 Å². The van der Waals surface area contributed by atoms with Gasteiger partial charge in [0.25, 0.3) is 0 Å². The minimum Gasteiger partial charge on any atom is -0.369 e. The summed E-state index contributed by atoms with van der Waals surface area (Å²) in [6.45, 7) is 0. The van der Waals surface area contributed by atoms with Crippen molar-refractivity contribution in [3.63, 3.8) is 0 Å². The Morgan fingerprint density at radius 2 is 2.20 bits per heavy atom. The molecule has 1 aromatic rings. The second-order valence-corrected chi connectivity index (χ2v) is 5.15. The first-order valence-electron chi connectivity index (χ1n) is 4.87. The van der Waals surface area contributed by atoms with Gasteiger partial charge in [-0.25, -0.2) is 4.39 Å². The molecule has 0 saturated carbocycles. The van der Waals surface area contributed by atoms with Gasteiger partial charge in [0.2, 0.25) is 0 Å². The number of hydrogen-bond acceptors (Lipinski definition) is 1. The first-order chi connectivity index (χ1) is 7.20. The first-order valence-corrected chi connectivity index (χ1v) is 6.78. The van der Waals surface area contributed by atoms with E-state index in [0.29, 0.717) is 0 Å². The SMILES string of the molecule is Fc1ccc(Br)c(C2CCC(CBr)O2)c1. The molecule has 1 aliphatic rings. The predicted octanol–water partition coefficient (Wildman–Crippen LogP) is 4.20. The molecular weight excluding hydrogens is 327 g/mol. The van der Waals surface area contributed by atoms with Crippen LogP contribution in [0.1, 0.15) is 24.5 Å². The Morgan fingerprint density at radius 1 is 1.40 bits per heavy atom. The second-order valence-electron chi connectivity index (χ2n) is 3.64. The molecule has 0 N–H and O–H groups in total. The standard InChI is InChI=1S/C11H11Br2FO/c12-6-8-2-4-11(15-8)9-5-7(14)1-3-10(9)13/h1,3,5,8,11H,2,4,6H2. The third-order valence-corrected chi connectivity index (χ3v) is 4.03. The topological polar surface area (TPSA) is 9.23 Å². The fraction of sp³-hybridized carbons (Fsp3) is 0.455. The van der Waals surface area contributed by atoms with E-state index in [1.807, 2.05) is 0 Å². The first kappa shape index (κ1) is 11.6. The summed E-state index contributed by atoms with van der Waals surface area (Å²) in [6.07, 6.45) is 2.26. The molecule has 2 unspecified atom stereocenters. The lowest BCUT2D eigenvalue weighted by atomic mass is 10.1. The van der Waals surface area contributed by atoms with Crippen molar-refractivity contribution < 1.29 is 9.13 Å². The Bertz CT molecular complexity index is 356. The van der Waals surface area contributed by atoms with Crippen molar-refractivity contribution in [1.29, 1.82) is 0 Å². The molecule has 0 radical (unpaired) electrons. The van der Waals surface area contributed by atoms with Crippen LogP contribution in [0.5, 0.6) is 0 Å². The van der Waals surface area contributed by atoms with Crippen LogP contribution in [0.25, 0.3) is 0 Å². The molecular formula is C11H11Br2FO. The van der Waals surface area contributed by atoms with Gasteiger partial charge in [-0.3, -0.25) is 0 Å². The minimum absolute atomic E-state index is 0.0256. The molecule has 0 aliphatic carbocycles. The highest BCUT2D eigenvalue weighted by Gasteiger charge is 2.27. The van der Waals surface area contributed by atoms with Gasteiger partial charge in [0.1, 0.15) is 5.82 Å². The Labute approximate surface area is 105 Å². The van der Waals surface area contributed by atoms with Crippen molar-refractivity contribution in [3.8, 4) is 0 Å². The van der Waals surface area contributed by atoms with Crippen LogP contribution < -0.4 is 0 Å². The van der Waals surface area contributed by atoms with Crippen LogP contribution in [-0.2, 0) is 4.74 Å². The molecule has 82 valence electrons. The largest absolute Gasteiger partial charge is 0.369 e. The summed E-state index contributed by atoms with van der Waals surface area (Å²) in [5, 5.41) is 0.844. The summed E-state index contributed by atoms with van der Waals surface area (Å²) in [7, 11) is 0. The van der Waals surface area contributed by atoms with Crippen LogP contribution in [0.3, 0.4) is 0 Å². The zero-order valence-electron chi connectivity index (χ0n) is 8.05. The molecule has 1 fully saturated rings. The maximum Gasteiger partial charge on any atom is 0.123 e. The number of rotatable bonds is 2. The molecule has 2 rings (SSSR count). The van der Waals surface area contributed by atoms with Crippen molar-refractivity contribution in [2.24, 2.45) is 0 Å². The number of benzene rings is 1.